The third-order valence-electron chi connectivity index (χ3n) is 8.45. The van der Waals surface area contributed by atoms with Gasteiger partial charge in [0.1, 0.15) is 22.7 Å². The van der Waals surface area contributed by atoms with Gasteiger partial charge >= 0.3 is 0 Å². The zero-order chi connectivity index (χ0) is 28.3. The molecule has 0 radical (unpaired) electrons. The molecular formula is C40H25NO2. The molecule has 0 spiro atoms. The summed E-state index contributed by atoms with van der Waals surface area (Å²) in [6.07, 6.45) is 0. The first-order valence-electron chi connectivity index (χ1n) is 14.5. The second-order valence-electron chi connectivity index (χ2n) is 10.9. The summed E-state index contributed by atoms with van der Waals surface area (Å²) in [5.41, 5.74) is 9.62. The normalized spacial score (nSPS) is 11.9. The molecule has 8 aromatic rings. The van der Waals surface area contributed by atoms with Crippen molar-refractivity contribution < 1.29 is 9.15 Å². The Morgan fingerprint density at radius 3 is 1.98 bits per heavy atom. The molecule has 3 heteroatoms. The van der Waals surface area contributed by atoms with Crippen LogP contribution in [0, 0.1) is 0 Å². The summed E-state index contributed by atoms with van der Waals surface area (Å²) in [5, 5.41) is 4.56. The van der Waals surface area contributed by atoms with E-state index in [9.17, 15) is 0 Å². The minimum absolute atomic E-state index is 0.848. The van der Waals surface area contributed by atoms with Crippen molar-refractivity contribution in [3.63, 3.8) is 0 Å². The molecule has 9 rings (SSSR count). The molecule has 1 aliphatic rings. The number of hydrogen-bond donors (Lipinski definition) is 0. The van der Waals surface area contributed by atoms with Crippen LogP contribution in [0.2, 0.25) is 0 Å². The first kappa shape index (κ1) is 23.9. The molecule has 0 atom stereocenters. The van der Waals surface area contributed by atoms with Crippen molar-refractivity contribution in [1.82, 2.24) is 0 Å². The molecule has 0 fully saturated rings. The van der Waals surface area contributed by atoms with E-state index in [0.29, 0.717) is 0 Å². The lowest BCUT2D eigenvalue weighted by molar-refractivity contribution is 0.487. The van der Waals surface area contributed by atoms with Crippen LogP contribution >= 0.6 is 0 Å². The molecule has 7 aromatic carbocycles. The smallest absolute Gasteiger partial charge is 0.137 e. The van der Waals surface area contributed by atoms with Crippen LogP contribution in [0.3, 0.4) is 0 Å². The lowest BCUT2D eigenvalue weighted by atomic mass is 9.90. The Morgan fingerprint density at radius 2 is 1.09 bits per heavy atom. The average Bonchev–Trinajstić information content (AvgIpc) is 3.44. The zero-order valence-corrected chi connectivity index (χ0v) is 23.2. The van der Waals surface area contributed by atoms with Gasteiger partial charge in [0.05, 0.1) is 0 Å². The lowest BCUT2D eigenvalue weighted by Gasteiger charge is -2.28. The van der Waals surface area contributed by atoms with Crippen molar-refractivity contribution in [3.05, 3.63) is 152 Å². The van der Waals surface area contributed by atoms with E-state index in [0.717, 1.165) is 61.4 Å². The SMILES string of the molecule is c1ccc(-c2ccc3c4c(cccc24)-c2ccc(N(c4ccccc4)c4ccc5oc6ccccc6c5c4)cc2O3)cc1. The number of ether oxygens (including phenoxy) is 1. The van der Waals surface area contributed by atoms with Crippen LogP contribution in [0.15, 0.2) is 156 Å². The molecule has 1 aromatic heterocycles. The molecule has 2 heterocycles. The van der Waals surface area contributed by atoms with Crippen molar-refractivity contribution in [2.24, 2.45) is 0 Å². The topological polar surface area (TPSA) is 25.6 Å². The van der Waals surface area contributed by atoms with Crippen LogP contribution in [-0.2, 0) is 0 Å². The zero-order valence-electron chi connectivity index (χ0n) is 23.2. The van der Waals surface area contributed by atoms with Crippen molar-refractivity contribution >= 4 is 49.8 Å². The molecule has 202 valence electrons. The van der Waals surface area contributed by atoms with E-state index >= 15 is 0 Å². The van der Waals surface area contributed by atoms with Crippen molar-refractivity contribution in [1.29, 1.82) is 0 Å². The number of hydrogen-bond acceptors (Lipinski definition) is 3. The van der Waals surface area contributed by atoms with Crippen LogP contribution in [0.4, 0.5) is 17.1 Å². The highest BCUT2D eigenvalue weighted by molar-refractivity contribution is 6.10. The van der Waals surface area contributed by atoms with Crippen LogP contribution < -0.4 is 9.64 Å². The predicted octanol–water partition coefficient (Wildman–Crippen LogP) is 11.6. The maximum absolute atomic E-state index is 6.68. The van der Waals surface area contributed by atoms with Gasteiger partial charge in [-0.15, -0.1) is 0 Å². The molecule has 0 unspecified atom stereocenters. The summed E-state index contributed by atoms with van der Waals surface area (Å²) in [5.74, 6) is 1.73. The molecule has 0 saturated carbocycles. The number of para-hydroxylation sites is 2. The second-order valence-corrected chi connectivity index (χ2v) is 10.9. The van der Waals surface area contributed by atoms with Gasteiger partial charge in [-0.2, -0.15) is 0 Å². The standard InChI is InChI=1S/C40H25NO2/c1-3-10-26(11-4-1)30-21-23-38-40-33(30)15-9-16-34(40)32-20-18-29(25-39(32)43-38)41(27-12-5-2-6-13-27)28-19-22-37-35(24-28)31-14-7-8-17-36(31)42-37/h1-25H. The molecule has 0 N–H and O–H groups in total. The molecule has 0 aliphatic carbocycles. The van der Waals surface area contributed by atoms with Crippen LogP contribution in [0.5, 0.6) is 11.5 Å². The van der Waals surface area contributed by atoms with Crippen molar-refractivity contribution in [3.8, 4) is 33.8 Å². The Labute approximate surface area is 248 Å². The predicted molar refractivity (Wildman–Crippen MR) is 177 cm³/mol. The van der Waals surface area contributed by atoms with Crippen LogP contribution in [-0.4, -0.2) is 0 Å². The molecule has 0 amide bonds. The summed E-state index contributed by atoms with van der Waals surface area (Å²) in [4.78, 5) is 2.28. The quantitative estimate of drug-likeness (QED) is 0.218. The van der Waals surface area contributed by atoms with Crippen LogP contribution in [0.1, 0.15) is 0 Å². The molecule has 3 nitrogen and oxygen atoms in total. The maximum Gasteiger partial charge on any atom is 0.137 e. The third-order valence-corrected chi connectivity index (χ3v) is 8.45. The Hall–Kier alpha value is -5.80. The molecule has 0 saturated heterocycles. The summed E-state index contributed by atoms with van der Waals surface area (Å²) in [6, 6.07) is 53.0. The van der Waals surface area contributed by atoms with E-state index in [4.69, 9.17) is 9.15 Å². The van der Waals surface area contributed by atoms with E-state index in [1.807, 2.05) is 18.2 Å². The van der Waals surface area contributed by atoms with E-state index in [-0.39, 0.29) is 0 Å². The van der Waals surface area contributed by atoms with Crippen molar-refractivity contribution in [2.75, 3.05) is 4.90 Å². The first-order valence-corrected chi connectivity index (χ1v) is 14.5. The van der Waals surface area contributed by atoms with Gasteiger partial charge < -0.3 is 14.1 Å². The van der Waals surface area contributed by atoms with Gasteiger partial charge in [-0.1, -0.05) is 91.0 Å². The Bertz CT molecular complexity index is 2320. The second kappa shape index (κ2) is 9.37. The average molecular weight is 552 g/mol. The highest BCUT2D eigenvalue weighted by atomic mass is 16.5. The molecule has 1 aliphatic heterocycles. The fourth-order valence-electron chi connectivity index (χ4n) is 6.51. The first-order chi connectivity index (χ1) is 21.3. The van der Waals surface area contributed by atoms with Gasteiger partial charge in [0.25, 0.3) is 0 Å². The van der Waals surface area contributed by atoms with Crippen LogP contribution in [0.25, 0.3) is 55.0 Å². The number of anilines is 3. The van der Waals surface area contributed by atoms with E-state index in [2.05, 4.69) is 138 Å². The number of nitrogens with zero attached hydrogens (tertiary/aromatic N) is 1. The summed E-state index contributed by atoms with van der Waals surface area (Å²) >= 11 is 0. The van der Waals surface area contributed by atoms with Crippen molar-refractivity contribution in [2.45, 2.75) is 0 Å². The van der Waals surface area contributed by atoms with Gasteiger partial charge in [-0.3, -0.25) is 0 Å². The van der Waals surface area contributed by atoms with Gasteiger partial charge in [0, 0.05) is 44.9 Å². The highest BCUT2D eigenvalue weighted by Crippen LogP contribution is 2.50. The molecule has 0 bridgehead atoms. The number of furan rings is 1. The van der Waals surface area contributed by atoms with E-state index in [1.165, 1.54) is 22.1 Å². The fourth-order valence-corrected chi connectivity index (χ4v) is 6.51. The number of rotatable bonds is 4. The summed E-state index contributed by atoms with van der Waals surface area (Å²) < 4.78 is 12.8. The van der Waals surface area contributed by atoms with Gasteiger partial charge in [0.15, 0.2) is 0 Å². The van der Waals surface area contributed by atoms with Gasteiger partial charge in [-0.25, -0.2) is 0 Å². The minimum atomic E-state index is 0.848. The van der Waals surface area contributed by atoms with E-state index in [1.54, 1.807) is 0 Å². The van der Waals surface area contributed by atoms with Gasteiger partial charge in [-0.05, 0) is 76.7 Å². The molecule has 43 heavy (non-hydrogen) atoms. The number of benzene rings is 7. The summed E-state index contributed by atoms with van der Waals surface area (Å²) in [7, 11) is 0. The Balaban J connectivity index is 1.21. The monoisotopic (exact) mass is 551 g/mol. The molecular weight excluding hydrogens is 526 g/mol. The van der Waals surface area contributed by atoms with E-state index < -0.39 is 0 Å². The maximum atomic E-state index is 6.68. The summed E-state index contributed by atoms with van der Waals surface area (Å²) in [6.45, 7) is 0. The van der Waals surface area contributed by atoms with Gasteiger partial charge in [0.2, 0.25) is 0 Å². The Kier molecular flexibility index (Phi) is 5.20. The minimum Gasteiger partial charge on any atom is -0.456 e. The number of fused-ring (bicyclic) bond motifs is 5. The fraction of sp³-hybridized carbons (Fsp3) is 0. The third kappa shape index (κ3) is 3.75. The largest absolute Gasteiger partial charge is 0.456 e. The lowest BCUT2D eigenvalue weighted by Crippen LogP contribution is -2.10. The highest BCUT2D eigenvalue weighted by Gasteiger charge is 2.24. The Morgan fingerprint density at radius 1 is 0.395 bits per heavy atom.